The molecule has 0 saturated carbocycles. The van der Waals surface area contributed by atoms with Crippen molar-refractivity contribution in [2.45, 2.75) is 26.7 Å². The molecule has 0 radical (unpaired) electrons. The van der Waals surface area contributed by atoms with Crippen LogP contribution in [0, 0.1) is 6.92 Å². The minimum absolute atomic E-state index is 0.0512. The predicted octanol–water partition coefficient (Wildman–Crippen LogP) is 4.24. The average Bonchev–Trinajstić information content (AvgIpc) is 3.18. The molecule has 27 heavy (non-hydrogen) atoms. The molecule has 2 aromatic carbocycles. The largest absolute Gasteiger partial charge is 0.372 e. The minimum atomic E-state index is -0.265. The maximum atomic E-state index is 12.5. The predicted molar refractivity (Wildman–Crippen MR) is 111 cm³/mol. The summed E-state index contributed by atoms with van der Waals surface area (Å²) < 4.78 is 0. The molecule has 1 aliphatic heterocycles. The van der Waals surface area contributed by atoms with Crippen molar-refractivity contribution in [1.82, 2.24) is 0 Å². The molecule has 0 atom stereocenters. The fourth-order valence-corrected chi connectivity index (χ4v) is 3.45. The summed E-state index contributed by atoms with van der Waals surface area (Å²) in [6.45, 7) is 5.39. The van der Waals surface area contributed by atoms with Gasteiger partial charge in [-0.1, -0.05) is 17.7 Å². The molecule has 1 heterocycles. The zero-order chi connectivity index (χ0) is 19.4. The Bertz CT molecular complexity index is 830. The van der Waals surface area contributed by atoms with E-state index in [4.69, 9.17) is 11.6 Å². The Morgan fingerprint density at radius 2 is 1.78 bits per heavy atom. The molecule has 2 aromatic rings. The molecule has 0 spiro atoms. The summed E-state index contributed by atoms with van der Waals surface area (Å²) in [6.07, 6.45) is 2.43. The van der Waals surface area contributed by atoms with Crippen molar-refractivity contribution in [2.24, 2.45) is 0 Å². The highest BCUT2D eigenvalue weighted by Gasteiger charge is 2.18. The fourth-order valence-electron chi connectivity index (χ4n) is 3.28. The van der Waals surface area contributed by atoms with Crippen LogP contribution >= 0.6 is 11.6 Å². The SMILES string of the molecule is CC(=O)N(CC(=O)Nc1cccc(Cl)c1C)c1ccc(N2CCCC2)cc1. The third-order valence-electron chi connectivity index (χ3n) is 4.86. The van der Waals surface area contributed by atoms with Gasteiger partial charge in [0.15, 0.2) is 0 Å². The van der Waals surface area contributed by atoms with Crippen LogP contribution in [0.4, 0.5) is 17.1 Å². The molecule has 142 valence electrons. The highest BCUT2D eigenvalue weighted by Crippen LogP contribution is 2.25. The quantitative estimate of drug-likeness (QED) is 0.837. The summed E-state index contributed by atoms with van der Waals surface area (Å²) in [5.41, 5.74) is 3.32. The zero-order valence-electron chi connectivity index (χ0n) is 15.7. The first-order chi connectivity index (χ1) is 13.0. The van der Waals surface area contributed by atoms with Crippen molar-refractivity contribution >= 4 is 40.5 Å². The molecule has 1 saturated heterocycles. The summed E-state index contributed by atoms with van der Waals surface area (Å²) in [5, 5.41) is 3.43. The van der Waals surface area contributed by atoms with Crippen molar-refractivity contribution in [3.8, 4) is 0 Å². The van der Waals surface area contributed by atoms with Crippen molar-refractivity contribution in [3.63, 3.8) is 0 Å². The third-order valence-corrected chi connectivity index (χ3v) is 5.27. The lowest BCUT2D eigenvalue weighted by molar-refractivity contribution is -0.120. The summed E-state index contributed by atoms with van der Waals surface area (Å²) in [6, 6.07) is 13.2. The number of nitrogens with zero attached hydrogens (tertiary/aromatic N) is 2. The van der Waals surface area contributed by atoms with E-state index >= 15 is 0 Å². The molecule has 6 heteroatoms. The van der Waals surface area contributed by atoms with Gasteiger partial charge < -0.3 is 15.1 Å². The molecule has 1 aliphatic rings. The first kappa shape index (κ1) is 19.2. The smallest absolute Gasteiger partial charge is 0.244 e. The molecular formula is C21H24ClN3O2. The zero-order valence-corrected chi connectivity index (χ0v) is 16.4. The van der Waals surface area contributed by atoms with E-state index in [9.17, 15) is 9.59 Å². The standard InChI is InChI=1S/C21H24ClN3O2/c1-15-19(22)6-5-7-20(15)23-21(27)14-25(16(2)26)18-10-8-17(9-11-18)24-12-3-4-13-24/h5-11H,3-4,12-14H2,1-2H3,(H,23,27). The van der Waals surface area contributed by atoms with Crippen molar-refractivity contribution in [1.29, 1.82) is 0 Å². The summed E-state index contributed by atoms with van der Waals surface area (Å²) >= 11 is 6.10. The third kappa shape index (κ3) is 4.61. The Morgan fingerprint density at radius 1 is 1.11 bits per heavy atom. The molecule has 0 bridgehead atoms. The van der Waals surface area contributed by atoms with Gasteiger partial charge in [0.1, 0.15) is 6.54 Å². The van der Waals surface area contributed by atoms with Crippen LogP contribution < -0.4 is 15.1 Å². The lowest BCUT2D eigenvalue weighted by Gasteiger charge is -2.23. The van der Waals surface area contributed by atoms with E-state index in [1.807, 2.05) is 31.2 Å². The lowest BCUT2D eigenvalue weighted by atomic mass is 10.2. The Balaban J connectivity index is 1.70. The van der Waals surface area contributed by atoms with Crippen LogP contribution in [0.15, 0.2) is 42.5 Å². The fraction of sp³-hybridized carbons (Fsp3) is 0.333. The first-order valence-electron chi connectivity index (χ1n) is 9.14. The van der Waals surface area contributed by atoms with Gasteiger partial charge in [-0.05, 0) is 61.7 Å². The number of halogens is 1. The number of amides is 2. The van der Waals surface area contributed by atoms with Gasteiger partial charge in [-0.3, -0.25) is 9.59 Å². The first-order valence-corrected chi connectivity index (χ1v) is 9.51. The molecule has 3 rings (SSSR count). The molecule has 0 aliphatic carbocycles. The number of hydrogen-bond acceptors (Lipinski definition) is 3. The van der Waals surface area contributed by atoms with Crippen molar-refractivity contribution in [3.05, 3.63) is 53.1 Å². The maximum Gasteiger partial charge on any atom is 0.244 e. The van der Waals surface area contributed by atoms with Crippen LogP contribution in [0.25, 0.3) is 0 Å². The van der Waals surface area contributed by atoms with Crippen LogP contribution in [0.1, 0.15) is 25.3 Å². The summed E-state index contributed by atoms with van der Waals surface area (Å²) in [4.78, 5) is 28.4. The number of hydrogen-bond donors (Lipinski definition) is 1. The maximum absolute atomic E-state index is 12.5. The number of anilines is 3. The Labute approximate surface area is 164 Å². The monoisotopic (exact) mass is 385 g/mol. The molecule has 1 N–H and O–H groups in total. The van der Waals surface area contributed by atoms with Gasteiger partial charge in [-0.15, -0.1) is 0 Å². The summed E-state index contributed by atoms with van der Waals surface area (Å²) in [7, 11) is 0. The number of rotatable bonds is 5. The second-order valence-corrected chi connectivity index (χ2v) is 7.18. The van der Waals surface area contributed by atoms with Crippen LogP contribution in [0.2, 0.25) is 5.02 Å². The topological polar surface area (TPSA) is 52.7 Å². The van der Waals surface area contributed by atoms with Crippen LogP contribution in [-0.4, -0.2) is 31.4 Å². The number of carbonyl (C=O) groups excluding carboxylic acids is 2. The summed E-state index contributed by atoms with van der Waals surface area (Å²) in [5.74, 6) is -0.443. The minimum Gasteiger partial charge on any atom is -0.372 e. The Morgan fingerprint density at radius 3 is 2.41 bits per heavy atom. The Hall–Kier alpha value is -2.53. The van der Waals surface area contributed by atoms with Crippen LogP contribution in [0.3, 0.4) is 0 Å². The number of carbonyl (C=O) groups is 2. The highest BCUT2D eigenvalue weighted by molar-refractivity contribution is 6.31. The number of nitrogens with one attached hydrogen (secondary N) is 1. The molecule has 0 unspecified atom stereocenters. The van der Waals surface area contributed by atoms with Crippen molar-refractivity contribution < 1.29 is 9.59 Å². The van der Waals surface area contributed by atoms with Gasteiger partial charge in [-0.25, -0.2) is 0 Å². The van der Waals surface area contributed by atoms with Gasteiger partial charge in [-0.2, -0.15) is 0 Å². The van der Waals surface area contributed by atoms with Gasteiger partial charge in [0.05, 0.1) is 0 Å². The Kier molecular flexibility index (Phi) is 6.01. The highest BCUT2D eigenvalue weighted by atomic mass is 35.5. The normalized spacial score (nSPS) is 13.5. The van der Waals surface area contributed by atoms with Gasteiger partial charge in [0.25, 0.3) is 0 Å². The van der Waals surface area contributed by atoms with Crippen LogP contribution in [0.5, 0.6) is 0 Å². The van der Waals surface area contributed by atoms with E-state index in [1.165, 1.54) is 24.7 Å². The van der Waals surface area contributed by atoms with E-state index < -0.39 is 0 Å². The van der Waals surface area contributed by atoms with Gasteiger partial charge in [0, 0.05) is 42.1 Å². The second-order valence-electron chi connectivity index (χ2n) is 6.78. The van der Waals surface area contributed by atoms with E-state index in [2.05, 4.69) is 10.2 Å². The number of benzene rings is 2. The van der Waals surface area contributed by atoms with E-state index in [0.29, 0.717) is 16.4 Å². The van der Waals surface area contributed by atoms with Crippen molar-refractivity contribution in [2.75, 3.05) is 34.8 Å². The van der Waals surface area contributed by atoms with Crippen LogP contribution in [-0.2, 0) is 9.59 Å². The van der Waals surface area contributed by atoms with E-state index in [0.717, 1.165) is 24.3 Å². The molecule has 1 fully saturated rings. The molecule has 0 aromatic heterocycles. The van der Waals surface area contributed by atoms with Gasteiger partial charge >= 0.3 is 0 Å². The van der Waals surface area contributed by atoms with Gasteiger partial charge in [0.2, 0.25) is 11.8 Å². The molecule has 5 nitrogen and oxygen atoms in total. The average molecular weight is 386 g/mol. The molecular weight excluding hydrogens is 362 g/mol. The van der Waals surface area contributed by atoms with E-state index in [1.54, 1.807) is 18.2 Å². The second kappa shape index (κ2) is 8.44. The van der Waals surface area contributed by atoms with E-state index in [-0.39, 0.29) is 18.4 Å². The molecule has 2 amide bonds. The lowest BCUT2D eigenvalue weighted by Crippen LogP contribution is -2.36.